The summed E-state index contributed by atoms with van der Waals surface area (Å²) in [5, 5.41) is 10.3. The number of aliphatic carboxylic acids is 1. The molecule has 1 amide bonds. The molecule has 0 bridgehead atoms. The Morgan fingerprint density at radius 3 is 2.27 bits per heavy atom. The summed E-state index contributed by atoms with van der Waals surface area (Å²) < 4.78 is 5.76. The van der Waals surface area contributed by atoms with Gasteiger partial charge in [-0.05, 0) is 53.8 Å². The van der Waals surface area contributed by atoms with Crippen LogP contribution in [-0.2, 0) is 11.4 Å². The van der Waals surface area contributed by atoms with Crippen LogP contribution < -0.4 is 4.74 Å². The van der Waals surface area contributed by atoms with Gasteiger partial charge in [0.05, 0.1) is 6.04 Å². The lowest BCUT2D eigenvalue weighted by atomic mass is 10.0. The molecule has 0 spiro atoms. The van der Waals surface area contributed by atoms with Gasteiger partial charge in [-0.15, -0.1) is 0 Å². The average Bonchev–Trinajstić information content (AvgIpc) is 3.38. The van der Waals surface area contributed by atoms with Gasteiger partial charge in [-0.3, -0.25) is 4.79 Å². The third-order valence-corrected chi connectivity index (χ3v) is 6.94. The van der Waals surface area contributed by atoms with Crippen LogP contribution in [0.25, 0.3) is 11.1 Å². The van der Waals surface area contributed by atoms with Gasteiger partial charge in [0.15, 0.2) is 0 Å². The number of carboxylic acid groups (broad SMARTS) is 1. The average molecular weight is 513 g/mol. The predicted molar refractivity (Wildman–Crippen MR) is 141 cm³/mol. The zero-order valence-electron chi connectivity index (χ0n) is 20.0. The van der Waals surface area contributed by atoms with Crippen molar-refractivity contribution in [3.8, 4) is 17.0 Å². The normalized spacial score (nSPS) is 16.9. The van der Waals surface area contributed by atoms with E-state index in [1.54, 1.807) is 24.4 Å². The maximum absolute atomic E-state index is 13.5. The number of carboxylic acids is 1. The summed E-state index contributed by atoms with van der Waals surface area (Å²) in [6.45, 7) is 0.438. The molecule has 2 heterocycles. The Morgan fingerprint density at radius 1 is 0.892 bits per heavy atom. The first kappa shape index (κ1) is 24.5. The van der Waals surface area contributed by atoms with Gasteiger partial charge in [0, 0.05) is 28.4 Å². The first-order valence-electron chi connectivity index (χ1n) is 12.0. The van der Waals surface area contributed by atoms with Gasteiger partial charge in [-0.1, -0.05) is 72.3 Å². The number of aromatic nitrogens is 1. The quantitative estimate of drug-likeness (QED) is 0.309. The van der Waals surface area contributed by atoms with Crippen LogP contribution in [0.5, 0.6) is 5.88 Å². The van der Waals surface area contributed by atoms with Crippen molar-refractivity contribution >= 4 is 23.5 Å². The van der Waals surface area contributed by atoms with Crippen LogP contribution in [0.4, 0.5) is 0 Å². The Hall–Kier alpha value is -4.16. The maximum atomic E-state index is 13.5. The van der Waals surface area contributed by atoms with Gasteiger partial charge < -0.3 is 14.7 Å². The molecule has 2 unspecified atom stereocenters. The lowest BCUT2D eigenvalue weighted by molar-refractivity contribution is -0.141. The van der Waals surface area contributed by atoms with Crippen molar-refractivity contribution in [2.24, 2.45) is 0 Å². The molecule has 186 valence electrons. The fourth-order valence-electron chi connectivity index (χ4n) is 4.71. The molecular weight excluding hydrogens is 488 g/mol. The topological polar surface area (TPSA) is 79.7 Å². The van der Waals surface area contributed by atoms with Gasteiger partial charge >= 0.3 is 5.97 Å². The second-order valence-electron chi connectivity index (χ2n) is 8.92. The van der Waals surface area contributed by atoms with E-state index in [0.717, 1.165) is 22.3 Å². The first-order chi connectivity index (χ1) is 18.0. The number of benzene rings is 3. The fourth-order valence-corrected chi connectivity index (χ4v) is 4.97. The number of amides is 1. The lowest BCUT2D eigenvalue weighted by Crippen LogP contribution is -2.41. The van der Waals surface area contributed by atoms with E-state index in [9.17, 15) is 14.7 Å². The van der Waals surface area contributed by atoms with Crippen LogP contribution in [0, 0.1) is 0 Å². The maximum Gasteiger partial charge on any atom is 0.326 e. The Kier molecular flexibility index (Phi) is 7.19. The number of carbonyl (C=O) groups excluding carboxylic acids is 1. The minimum absolute atomic E-state index is 0.329. The molecule has 0 aliphatic carbocycles. The van der Waals surface area contributed by atoms with Crippen LogP contribution in [0.15, 0.2) is 97.2 Å². The number of hydrogen-bond acceptors (Lipinski definition) is 4. The monoisotopic (exact) mass is 512 g/mol. The number of ether oxygens (including phenoxy) is 1. The molecule has 5 rings (SSSR count). The van der Waals surface area contributed by atoms with Crippen LogP contribution in [0.2, 0.25) is 5.02 Å². The lowest BCUT2D eigenvalue weighted by Gasteiger charge is -2.29. The van der Waals surface area contributed by atoms with Gasteiger partial charge in [0.1, 0.15) is 12.6 Å². The van der Waals surface area contributed by atoms with E-state index in [4.69, 9.17) is 16.3 Å². The fraction of sp³-hybridized carbons (Fsp3) is 0.167. The molecule has 1 aliphatic heterocycles. The zero-order chi connectivity index (χ0) is 25.8. The van der Waals surface area contributed by atoms with E-state index >= 15 is 0 Å². The molecule has 4 aromatic rings. The summed E-state index contributed by atoms with van der Waals surface area (Å²) in [5.74, 6) is -0.817. The number of carbonyl (C=O) groups is 2. The van der Waals surface area contributed by atoms with Crippen LogP contribution in [0.1, 0.15) is 40.4 Å². The number of nitrogens with zero attached hydrogens (tertiary/aromatic N) is 2. The number of rotatable bonds is 7. The standard InChI is InChI=1S/C30H25ClN2O4/c31-25-9-5-4-8-24(25)26-15-16-27(30(35)36)33(26)29(34)22-12-10-21(11-13-22)23-14-17-28(32-18-23)37-19-20-6-2-1-3-7-20/h1-14,17-18,26-27H,15-16,19H2,(H,35,36). The van der Waals surface area contributed by atoms with Gasteiger partial charge in [-0.25, -0.2) is 9.78 Å². The van der Waals surface area contributed by atoms with E-state index in [1.165, 1.54) is 4.90 Å². The molecule has 2 atom stereocenters. The number of hydrogen-bond donors (Lipinski definition) is 1. The Balaban J connectivity index is 1.32. The van der Waals surface area contributed by atoms with Gasteiger partial charge in [0.25, 0.3) is 5.91 Å². The van der Waals surface area contributed by atoms with Crippen LogP contribution in [0.3, 0.4) is 0 Å². The zero-order valence-corrected chi connectivity index (χ0v) is 20.7. The molecule has 37 heavy (non-hydrogen) atoms. The van der Waals surface area contributed by atoms with Gasteiger partial charge in [0.2, 0.25) is 5.88 Å². The molecule has 1 saturated heterocycles. The van der Waals surface area contributed by atoms with E-state index in [2.05, 4.69) is 4.98 Å². The van der Waals surface area contributed by atoms with Crippen molar-refractivity contribution in [1.82, 2.24) is 9.88 Å². The molecule has 1 aliphatic rings. The van der Waals surface area contributed by atoms with Crippen LogP contribution in [-0.4, -0.2) is 32.9 Å². The summed E-state index contributed by atoms with van der Waals surface area (Å²) in [6.07, 6.45) is 2.64. The van der Waals surface area contributed by atoms with Crippen molar-refractivity contribution in [2.75, 3.05) is 0 Å². The highest BCUT2D eigenvalue weighted by molar-refractivity contribution is 6.31. The third-order valence-electron chi connectivity index (χ3n) is 6.60. The summed E-state index contributed by atoms with van der Waals surface area (Å²) in [5.41, 5.74) is 4.01. The Labute approximate surface area is 220 Å². The molecular formula is C30H25ClN2O4. The Bertz CT molecular complexity index is 1390. The van der Waals surface area contributed by atoms with E-state index in [0.29, 0.717) is 35.9 Å². The largest absolute Gasteiger partial charge is 0.480 e. The number of pyridine rings is 1. The van der Waals surface area contributed by atoms with Crippen molar-refractivity contribution < 1.29 is 19.4 Å². The minimum atomic E-state index is -1.01. The highest BCUT2D eigenvalue weighted by Crippen LogP contribution is 2.40. The third kappa shape index (κ3) is 5.34. The first-order valence-corrected chi connectivity index (χ1v) is 12.4. The highest BCUT2D eigenvalue weighted by Gasteiger charge is 2.42. The molecule has 0 radical (unpaired) electrons. The van der Waals surface area contributed by atoms with E-state index < -0.39 is 18.1 Å². The predicted octanol–water partition coefficient (Wildman–Crippen LogP) is 6.41. The summed E-state index contributed by atoms with van der Waals surface area (Å²) in [6, 6.07) is 26.7. The molecule has 1 N–H and O–H groups in total. The molecule has 1 fully saturated rings. The summed E-state index contributed by atoms with van der Waals surface area (Å²) in [4.78, 5) is 31.3. The number of halogens is 1. The number of likely N-dealkylation sites (tertiary alicyclic amines) is 1. The molecule has 1 aromatic heterocycles. The second-order valence-corrected chi connectivity index (χ2v) is 9.33. The van der Waals surface area contributed by atoms with E-state index in [1.807, 2.05) is 72.8 Å². The van der Waals surface area contributed by atoms with Crippen LogP contribution >= 0.6 is 11.6 Å². The molecule has 7 heteroatoms. The molecule has 3 aromatic carbocycles. The van der Waals surface area contributed by atoms with E-state index in [-0.39, 0.29) is 5.91 Å². The SMILES string of the molecule is O=C(O)C1CCC(c2ccccc2Cl)N1C(=O)c1ccc(-c2ccc(OCc3ccccc3)nc2)cc1. The molecule has 6 nitrogen and oxygen atoms in total. The smallest absolute Gasteiger partial charge is 0.326 e. The van der Waals surface area contributed by atoms with Crippen molar-refractivity contribution in [3.05, 3.63) is 119 Å². The van der Waals surface area contributed by atoms with Crippen molar-refractivity contribution in [2.45, 2.75) is 31.5 Å². The summed E-state index contributed by atoms with van der Waals surface area (Å²) in [7, 11) is 0. The summed E-state index contributed by atoms with van der Waals surface area (Å²) >= 11 is 6.40. The van der Waals surface area contributed by atoms with Gasteiger partial charge in [-0.2, -0.15) is 0 Å². The second kappa shape index (κ2) is 10.8. The van der Waals surface area contributed by atoms with Crippen molar-refractivity contribution in [3.63, 3.8) is 0 Å². The highest BCUT2D eigenvalue weighted by atomic mass is 35.5. The molecule has 0 saturated carbocycles. The minimum Gasteiger partial charge on any atom is -0.480 e. The van der Waals surface area contributed by atoms with Crippen molar-refractivity contribution in [1.29, 1.82) is 0 Å². The Morgan fingerprint density at radius 2 is 1.59 bits per heavy atom.